The van der Waals surface area contributed by atoms with E-state index in [2.05, 4.69) is 48.5 Å². The summed E-state index contributed by atoms with van der Waals surface area (Å²) in [5, 5.41) is 0. The molecule has 0 spiro atoms. The van der Waals surface area contributed by atoms with E-state index in [0.717, 1.165) is 12.8 Å². The molecular weight excluding hydrogens is 214 g/mol. The summed E-state index contributed by atoms with van der Waals surface area (Å²) in [5.41, 5.74) is 2.66. The van der Waals surface area contributed by atoms with Gasteiger partial charge in [-0.05, 0) is 36.3 Å². The molecule has 0 amide bonds. The molecule has 0 aliphatic carbocycles. The molecule has 1 atom stereocenters. The van der Waals surface area contributed by atoms with Crippen molar-refractivity contribution in [2.75, 3.05) is 6.26 Å². The lowest BCUT2D eigenvalue weighted by molar-refractivity contribution is 0.747. The first-order chi connectivity index (χ1) is 7.78. The summed E-state index contributed by atoms with van der Waals surface area (Å²) >= 11 is 1.78. The predicted molar refractivity (Wildman–Crippen MR) is 72.3 cm³/mol. The molecule has 0 saturated carbocycles. The van der Waals surface area contributed by atoms with Crippen molar-refractivity contribution in [3.63, 3.8) is 0 Å². The van der Waals surface area contributed by atoms with Crippen LogP contribution in [0.5, 0.6) is 0 Å². The molecule has 1 aromatic carbocycles. The highest BCUT2D eigenvalue weighted by Crippen LogP contribution is 2.18. The van der Waals surface area contributed by atoms with Crippen LogP contribution in [0.15, 0.2) is 46.4 Å². The smallest absolute Gasteiger partial charge is 0.0230 e. The van der Waals surface area contributed by atoms with Crippen molar-refractivity contribution < 1.29 is 0 Å². The molecule has 0 fully saturated rings. The third-order valence-electron chi connectivity index (χ3n) is 2.80. The number of rotatable bonds is 3. The van der Waals surface area contributed by atoms with E-state index in [1.807, 2.05) is 6.20 Å². The molecule has 1 aliphatic rings. The van der Waals surface area contributed by atoms with Crippen molar-refractivity contribution in [1.29, 1.82) is 0 Å². The van der Waals surface area contributed by atoms with Crippen LogP contribution >= 0.6 is 11.8 Å². The Morgan fingerprint density at radius 2 is 2.06 bits per heavy atom. The Bertz CT molecular complexity index is 403. The molecular formula is C14H17NS. The van der Waals surface area contributed by atoms with Crippen LogP contribution in [-0.2, 0) is 6.42 Å². The van der Waals surface area contributed by atoms with Crippen LogP contribution in [0.2, 0.25) is 0 Å². The first kappa shape index (κ1) is 11.5. The molecule has 0 saturated heterocycles. The second kappa shape index (κ2) is 5.35. The molecule has 1 nitrogen and oxygen atoms in total. The maximum Gasteiger partial charge on any atom is 0.0230 e. The van der Waals surface area contributed by atoms with Crippen LogP contribution < -0.4 is 0 Å². The van der Waals surface area contributed by atoms with Gasteiger partial charge in [-0.3, -0.25) is 4.99 Å². The van der Waals surface area contributed by atoms with Crippen molar-refractivity contribution in [2.24, 2.45) is 10.9 Å². The Kier molecular flexibility index (Phi) is 3.83. The summed E-state index contributed by atoms with van der Waals surface area (Å²) in [4.78, 5) is 5.77. The Morgan fingerprint density at radius 3 is 2.69 bits per heavy atom. The fourth-order valence-electron chi connectivity index (χ4n) is 1.88. The minimum atomic E-state index is 0.637. The third kappa shape index (κ3) is 2.99. The fraction of sp³-hybridized carbons (Fsp3) is 0.357. The van der Waals surface area contributed by atoms with E-state index in [-0.39, 0.29) is 0 Å². The highest BCUT2D eigenvalue weighted by Gasteiger charge is 2.08. The van der Waals surface area contributed by atoms with Crippen LogP contribution in [0.1, 0.15) is 18.9 Å². The van der Waals surface area contributed by atoms with E-state index >= 15 is 0 Å². The molecule has 2 rings (SSSR count). The minimum absolute atomic E-state index is 0.637. The maximum atomic E-state index is 4.45. The first-order valence-electron chi connectivity index (χ1n) is 5.63. The summed E-state index contributed by atoms with van der Waals surface area (Å²) in [6.07, 6.45) is 8.30. The Morgan fingerprint density at radius 1 is 1.31 bits per heavy atom. The van der Waals surface area contributed by atoms with Gasteiger partial charge in [-0.2, -0.15) is 0 Å². The monoisotopic (exact) mass is 231 g/mol. The lowest BCUT2D eigenvalue weighted by Crippen LogP contribution is -2.10. The van der Waals surface area contributed by atoms with Gasteiger partial charge in [-0.25, -0.2) is 0 Å². The molecule has 16 heavy (non-hydrogen) atoms. The van der Waals surface area contributed by atoms with Gasteiger partial charge < -0.3 is 0 Å². The molecule has 2 heteroatoms. The highest BCUT2D eigenvalue weighted by atomic mass is 32.2. The molecule has 0 bridgehead atoms. The van der Waals surface area contributed by atoms with Crippen LogP contribution in [0.25, 0.3) is 0 Å². The number of aliphatic imine (C=N–C) groups is 1. The van der Waals surface area contributed by atoms with Gasteiger partial charge in [-0.1, -0.05) is 25.1 Å². The van der Waals surface area contributed by atoms with E-state index in [1.54, 1.807) is 11.8 Å². The summed E-state index contributed by atoms with van der Waals surface area (Å²) in [7, 11) is 0. The second-order valence-electron chi connectivity index (χ2n) is 4.24. The summed E-state index contributed by atoms with van der Waals surface area (Å²) in [6.45, 7) is 2.24. The molecule has 1 aromatic rings. The standard InChI is InChI=1S/C14H17NS/c1-11-7-8-15-13(9-11)10-12-3-5-14(16-2)6-4-12/h3-8,11H,9-10H2,1-2H3. The van der Waals surface area contributed by atoms with Crippen molar-refractivity contribution in [3.8, 4) is 0 Å². The molecule has 0 N–H and O–H groups in total. The predicted octanol–water partition coefficient (Wildman–Crippen LogP) is 3.95. The lowest BCUT2D eigenvalue weighted by atomic mass is 9.97. The van der Waals surface area contributed by atoms with E-state index in [1.165, 1.54) is 16.2 Å². The average molecular weight is 231 g/mol. The largest absolute Gasteiger partial charge is 0.266 e. The average Bonchev–Trinajstić information content (AvgIpc) is 2.30. The summed E-state index contributed by atoms with van der Waals surface area (Å²) in [5.74, 6) is 0.637. The van der Waals surface area contributed by atoms with E-state index in [4.69, 9.17) is 0 Å². The lowest BCUT2D eigenvalue weighted by Gasteiger charge is -2.13. The Hall–Kier alpha value is -1.02. The number of allylic oxidation sites excluding steroid dienone is 1. The van der Waals surface area contributed by atoms with Gasteiger partial charge in [0.1, 0.15) is 0 Å². The maximum absolute atomic E-state index is 4.45. The van der Waals surface area contributed by atoms with E-state index in [9.17, 15) is 0 Å². The van der Waals surface area contributed by atoms with Crippen LogP contribution in [0.4, 0.5) is 0 Å². The van der Waals surface area contributed by atoms with Gasteiger partial charge in [-0.15, -0.1) is 11.8 Å². The van der Waals surface area contributed by atoms with Crippen LogP contribution in [0.3, 0.4) is 0 Å². The zero-order chi connectivity index (χ0) is 11.4. The molecule has 0 radical (unpaired) electrons. The quantitative estimate of drug-likeness (QED) is 0.718. The zero-order valence-corrected chi connectivity index (χ0v) is 10.6. The van der Waals surface area contributed by atoms with Crippen LogP contribution in [0, 0.1) is 5.92 Å². The van der Waals surface area contributed by atoms with Gasteiger partial charge in [0.25, 0.3) is 0 Å². The Labute approximate surface area is 102 Å². The topological polar surface area (TPSA) is 12.4 Å². The molecule has 1 heterocycles. The SMILES string of the molecule is CSc1ccc(CC2=NC=CC(C)C2)cc1. The fourth-order valence-corrected chi connectivity index (χ4v) is 2.29. The molecule has 0 aromatic heterocycles. The van der Waals surface area contributed by atoms with Gasteiger partial charge in [0.05, 0.1) is 0 Å². The van der Waals surface area contributed by atoms with Crippen molar-refractivity contribution in [3.05, 3.63) is 42.1 Å². The van der Waals surface area contributed by atoms with Crippen molar-refractivity contribution in [1.82, 2.24) is 0 Å². The number of hydrogen-bond donors (Lipinski definition) is 0. The first-order valence-corrected chi connectivity index (χ1v) is 6.85. The highest BCUT2D eigenvalue weighted by molar-refractivity contribution is 7.98. The molecule has 1 unspecified atom stereocenters. The van der Waals surface area contributed by atoms with Crippen molar-refractivity contribution >= 4 is 17.5 Å². The molecule has 84 valence electrons. The van der Waals surface area contributed by atoms with Gasteiger partial charge in [0.15, 0.2) is 0 Å². The number of nitrogens with zero attached hydrogens (tertiary/aromatic N) is 1. The van der Waals surface area contributed by atoms with Gasteiger partial charge in [0.2, 0.25) is 0 Å². The number of benzene rings is 1. The van der Waals surface area contributed by atoms with Gasteiger partial charge >= 0.3 is 0 Å². The van der Waals surface area contributed by atoms with Crippen molar-refractivity contribution in [2.45, 2.75) is 24.7 Å². The van der Waals surface area contributed by atoms with E-state index < -0.39 is 0 Å². The Balaban J connectivity index is 2.03. The van der Waals surface area contributed by atoms with E-state index in [0.29, 0.717) is 5.92 Å². The number of thioether (sulfide) groups is 1. The normalized spacial score (nSPS) is 19.6. The second-order valence-corrected chi connectivity index (χ2v) is 5.12. The summed E-state index contributed by atoms with van der Waals surface area (Å²) in [6, 6.07) is 8.78. The summed E-state index contributed by atoms with van der Waals surface area (Å²) < 4.78 is 0. The zero-order valence-electron chi connectivity index (χ0n) is 9.81. The number of hydrogen-bond acceptors (Lipinski definition) is 2. The van der Waals surface area contributed by atoms with Crippen LogP contribution in [-0.4, -0.2) is 12.0 Å². The molecule has 1 aliphatic heterocycles. The minimum Gasteiger partial charge on any atom is -0.266 e. The van der Waals surface area contributed by atoms with Gasteiger partial charge in [0, 0.05) is 23.2 Å². The third-order valence-corrected chi connectivity index (χ3v) is 3.54.